The van der Waals surface area contributed by atoms with Crippen LogP contribution < -0.4 is 0 Å². The molecule has 1 aromatic rings. The molecule has 1 saturated heterocycles. The van der Waals surface area contributed by atoms with Gasteiger partial charge >= 0.3 is 0 Å². The van der Waals surface area contributed by atoms with Crippen LogP contribution >= 0.6 is 27.7 Å². The molecule has 0 radical (unpaired) electrons. The van der Waals surface area contributed by atoms with Gasteiger partial charge in [-0.2, -0.15) is 16.1 Å². The molecule has 4 nitrogen and oxygen atoms in total. The molecule has 1 heterocycles. The number of nitrogens with zero attached hydrogens (tertiary/aromatic N) is 1. The van der Waals surface area contributed by atoms with E-state index in [-0.39, 0.29) is 11.5 Å². The van der Waals surface area contributed by atoms with Crippen LogP contribution in [0.25, 0.3) is 0 Å². The third-order valence-electron chi connectivity index (χ3n) is 3.36. The summed E-state index contributed by atoms with van der Waals surface area (Å²) in [5.41, 5.74) is 1.29. The van der Waals surface area contributed by atoms with Crippen LogP contribution in [-0.2, 0) is 16.6 Å². The molecule has 1 N–H and O–H groups in total. The molecule has 20 heavy (non-hydrogen) atoms. The first-order chi connectivity index (χ1) is 9.36. The summed E-state index contributed by atoms with van der Waals surface area (Å²) in [7, 11) is -3.50. The quantitative estimate of drug-likeness (QED) is 0.875. The lowest BCUT2D eigenvalue weighted by Gasteiger charge is -2.30. The molecule has 2 rings (SSSR count). The third kappa shape index (κ3) is 3.22. The van der Waals surface area contributed by atoms with Crippen molar-refractivity contribution in [1.29, 1.82) is 0 Å². The highest BCUT2D eigenvalue weighted by Gasteiger charge is 2.30. The van der Waals surface area contributed by atoms with Gasteiger partial charge in [0.25, 0.3) is 0 Å². The van der Waals surface area contributed by atoms with Gasteiger partial charge in [-0.1, -0.05) is 22.9 Å². The number of benzene rings is 1. The van der Waals surface area contributed by atoms with Crippen LogP contribution in [0.1, 0.15) is 18.1 Å². The van der Waals surface area contributed by atoms with E-state index in [1.807, 2.05) is 6.92 Å². The summed E-state index contributed by atoms with van der Waals surface area (Å²) < 4.78 is 27.8. The smallest absolute Gasteiger partial charge is 0.243 e. The monoisotopic (exact) mass is 379 g/mol. The zero-order valence-electron chi connectivity index (χ0n) is 11.5. The Labute approximate surface area is 132 Å². The summed E-state index contributed by atoms with van der Waals surface area (Å²) in [6.07, 6.45) is 0. The molecule has 0 saturated carbocycles. The van der Waals surface area contributed by atoms with Crippen molar-refractivity contribution in [2.75, 3.05) is 18.8 Å². The number of rotatable bonds is 3. The van der Waals surface area contributed by atoms with E-state index in [1.165, 1.54) is 0 Å². The largest absolute Gasteiger partial charge is 0.392 e. The first-order valence-electron chi connectivity index (χ1n) is 6.38. The average Bonchev–Trinajstić information content (AvgIpc) is 2.41. The van der Waals surface area contributed by atoms with Crippen molar-refractivity contribution < 1.29 is 13.5 Å². The zero-order valence-corrected chi connectivity index (χ0v) is 14.7. The van der Waals surface area contributed by atoms with Gasteiger partial charge in [0.05, 0.1) is 11.5 Å². The summed E-state index contributed by atoms with van der Waals surface area (Å²) in [6.45, 7) is 4.72. The molecule has 0 amide bonds. The van der Waals surface area contributed by atoms with Crippen molar-refractivity contribution in [3.05, 3.63) is 27.7 Å². The zero-order chi connectivity index (χ0) is 14.9. The number of thioether (sulfide) groups is 1. The van der Waals surface area contributed by atoms with E-state index in [2.05, 4.69) is 15.9 Å². The van der Waals surface area contributed by atoms with Crippen molar-refractivity contribution in [1.82, 2.24) is 4.31 Å². The number of aliphatic hydroxyl groups excluding tert-OH is 1. The fourth-order valence-corrected chi connectivity index (χ4v) is 5.90. The molecule has 0 spiro atoms. The van der Waals surface area contributed by atoms with Gasteiger partial charge in [0.1, 0.15) is 0 Å². The second-order valence-corrected chi connectivity index (χ2v) is 9.21. The number of sulfonamides is 1. The minimum Gasteiger partial charge on any atom is -0.392 e. The summed E-state index contributed by atoms with van der Waals surface area (Å²) in [4.78, 5) is 0.287. The van der Waals surface area contributed by atoms with Crippen LogP contribution in [0.2, 0.25) is 0 Å². The van der Waals surface area contributed by atoms with Crippen molar-refractivity contribution in [3.8, 4) is 0 Å². The summed E-state index contributed by atoms with van der Waals surface area (Å²) >= 11 is 5.16. The van der Waals surface area contributed by atoms with Gasteiger partial charge in [-0.3, -0.25) is 0 Å². The van der Waals surface area contributed by atoms with Crippen molar-refractivity contribution in [2.24, 2.45) is 0 Å². The predicted molar refractivity (Wildman–Crippen MR) is 85.5 cm³/mol. The first-order valence-corrected chi connectivity index (χ1v) is 9.66. The van der Waals surface area contributed by atoms with E-state index in [0.29, 0.717) is 33.9 Å². The van der Waals surface area contributed by atoms with E-state index < -0.39 is 10.0 Å². The van der Waals surface area contributed by atoms with Crippen molar-refractivity contribution >= 4 is 37.7 Å². The Morgan fingerprint density at radius 1 is 1.50 bits per heavy atom. The molecular weight excluding hydrogens is 362 g/mol. The third-order valence-corrected chi connectivity index (χ3v) is 7.31. The lowest BCUT2D eigenvalue weighted by Crippen LogP contribution is -2.41. The van der Waals surface area contributed by atoms with E-state index >= 15 is 0 Å². The molecule has 1 atom stereocenters. The fraction of sp³-hybridized carbons (Fsp3) is 0.538. The highest BCUT2D eigenvalue weighted by molar-refractivity contribution is 9.10. The molecule has 7 heteroatoms. The Balaban J connectivity index is 2.46. The predicted octanol–water partition coefficient (Wildman–Crippen LogP) is 2.38. The Morgan fingerprint density at radius 2 is 2.20 bits per heavy atom. The van der Waals surface area contributed by atoms with Crippen LogP contribution in [0, 0.1) is 6.92 Å². The molecule has 0 aliphatic carbocycles. The maximum absolute atomic E-state index is 12.8. The molecule has 1 aromatic carbocycles. The second-order valence-electron chi connectivity index (χ2n) is 4.90. The maximum atomic E-state index is 12.8. The minimum atomic E-state index is -3.50. The van der Waals surface area contributed by atoms with Gasteiger partial charge in [-0.05, 0) is 30.2 Å². The van der Waals surface area contributed by atoms with E-state index in [1.54, 1.807) is 35.1 Å². The van der Waals surface area contributed by atoms with Crippen LogP contribution in [0.4, 0.5) is 0 Å². The normalized spacial score (nSPS) is 21.1. The van der Waals surface area contributed by atoms with Crippen molar-refractivity contribution in [2.45, 2.75) is 30.6 Å². The van der Waals surface area contributed by atoms with E-state index in [0.717, 1.165) is 5.75 Å². The Morgan fingerprint density at radius 3 is 2.80 bits per heavy atom. The van der Waals surface area contributed by atoms with Gasteiger partial charge < -0.3 is 5.11 Å². The molecule has 1 fully saturated rings. The fourth-order valence-electron chi connectivity index (χ4n) is 2.21. The molecule has 1 aliphatic heterocycles. The minimum absolute atomic E-state index is 0.173. The Bertz CT molecular complexity index is 604. The molecule has 0 aromatic heterocycles. The van der Waals surface area contributed by atoms with Crippen LogP contribution in [-0.4, -0.2) is 41.9 Å². The SMILES string of the molecule is Cc1c(Br)cc(CO)cc1S(=O)(=O)N1CCSC(C)C1. The van der Waals surface area contributed by atoms with Gasteiger partial charge in [0, 0.05) is 28.6 Å². The summed E-state index contributed by atoms with van der Waals surface area (Å²) in [6, 6.07) is 3.32. The topological polar surface area (TPSA) is 57.6 Å². The van der Waals surface area contributed by atoms with E-state index in [4.69, 9.17) is 0 Å². The van der Waals surface area contributed by atoms with E-state index in [9.17, 15) is 13.5 Å². The lowest BCUT2D eigenvalue weighted by atomic mass is 10.2. The van der Waals surface area contributed by atoms with Gasteiger partial charge in [-0.15, -0.1) is 0 Å². The molecule has 112 valence electrons. The number of hydrogen-bond donors (Lipinski definition) is 1. The van der Waals surface area contributed by atoms with Gasteiger partial charge in [0.15, 0.2) is 0 Å². The number of hydrogen-bond acceptors (Lipinski definition) is 4. The van der Waals surface area contributed by atoms with Gasteiger partial charge in [0.2, 0.25) is 10.0 Å². The lowest BCUT2D eigenvalue weighted by molar-refractivity contribution is 0.281. The van der Waals surface area contributed by atoms with Crippen LogP contribution in [0.5, 0.6) is 0 Å². The molecule has 1 unspecified atom stereocenters. The maximum Gasteiger partial charge on any atom is 0.243 e. The molecule has 1 aliphatic rings. The molecular formula is C13H18BrNO3S2. The highest BCUT2D eigenvalue weighted by Crippen LogP contribution is 2.30. The number of aliphatic hydroxyl groups is 1. The first kappa shape index (κ1) is 16.3. The highest BCUT2D eigenvalue weighted by atomic mass is 79.9. The Hall–Kier alpha value is -0.0800. The number of halogens is 1. The molecule has 0 bridgehead atoms. The summed E-state index contributed by atoms with van der Waals surface area (Å²) in [5.74, 6) is 0.820. The Kier molecular flexibility index (Phi) is 5.18. The van der Waals surface area contributed by atoms with Crippen LogP contribution in [0.15, 0.2) is 21.5 Å². The van der Waals surface area contributed by atoms with Crippen LogP contribution in [0.3, 0.4) is 0 Å². The van der Waals surface area contributed by atoms with Crippen molar-refractivity contribution in [3.63, 3.8) is 0 Å². The second kappa shape index (κ2) is 6.36. The summed E-state index contributed by atoms with van der Waals surface area (Å²) in [5, 5.41) is 9.57. The van der Waals surface area contributed by atoms with Gasteiger partial charge in [-0.25, -0.2) is 8.42 Å². The standard InChI is InChI=1S/C13H18BrNO3S2/c1-9-7-15(3-4-19-9)20(17,18)13-6-11(8-16)5-12(14)10(13)2/h5-6,9,16H,3-4,7-8H2,1-2H3. The average molecular weight is 380 g/mol.